The van der Waals surface area contributed by atoms with Crippen molar-refractivity contribution in [2.24, 2.45) is 0 Å². The number of fused-ring (bicyclic) bond motifs is 2. The highest BCUT2D eigenvalue weighted by Gasteiger charge is 2.40. The SMILES string of the molecule is COc1ncc2c(c1S(=O)(=O)NC(=O)c1ccc3c(-n4cccn4)cccc3n1)OCC2(C)C. The van der Waals surface area contributed by atoms with Gasteiger partial charge in [-0.2, -0.15) is 5.10 Å². The predicted octanol–water partition coefficient (Wildman–Crippen LogP) is 2.61. The summed E-state index contributed by atoms with van der Waals surface area (Å²) in [6.07, 6.45) is 4.99. The Bertz CT molecular complexity index is 1530. The number of ether oxygens (including phenoxy) is 2. The largest absolute Gasteiger partial charge is 0.491 e. The third kappa shape index (κ3) is 3.54. The topological polar surface area (TPSA) is 125 Å². The van der Waals surface area contributed by atoms with E-state index in [4.69, 9.17) is 9.47 Å². The number of amides is 1. The molecule has 11 heteroatoms. The average Bonchev–Trinajstić information content (AvgIpc) is 3.45. The number of sulfonamides is 1. The molecular weight excluding hydrogens is 458 g/mol. The van der Waals surface area contributed by atoms with Gasteiger partial charge in [0.1, 0.15) is 5.69 Å². The minimum absolute atomic E-state index is 0.0607. The molecule has 1 amide bonds. The number of methoxy groups -OCH3 is 1. The van der Waals surface area contributed by atoms with Crippen LogP contribution in [-0.4, -0.2) is 47.8 Å². The summed E-state index contributed by atoms with van der Waals surface area (Å²) in [5.41, 5.74) is 1.42. The first kappa shape index (κ1) is 21.8. The summed E-state index contributed by atoms with van der Waals surface area (Å²) in [6, 6.07) is 10.4. The van der Waals surface area contributed by atoms with Crippen LogP contribution in [0.2, 0.25) is 0 Å². The lowest BCUT2D eigenvalue weighted by Crippen LogP contribution is -2.32. The molecule has 5 rings (SSSR count). The van der Waals surface area contributed by atoms with Crippen molar-refractivity contribution in [2.45, 2.75) is 24.2 Å². The minimum atomic E-state index is -4.39. The van der Waals surface area contributed by atoms with E-state index in [9.17, 15) is 13.2 Å². The maximum Gasteiger partial charge on any atom is 0.283 e. The molecule has 0 saturated heterocycles. The Hall–Kier alpha value is -3.99. The maximum absolute atomic E-state index is 13.3. The van der Waals surface area contributed by atoms with Crippen molar-refractivity contribution in [1.82, 2.24) is 24.5 Å². The molecule has 0 fully saturated rings. The number of nitrogens with one attached hydrogen (secondary N) is 1. The van der Waals surface area contributed by atoms with Crippen molar-refractivity contribution >= 4 is 26.8 Å². The Morgan fingerprint density at radius 3 is 2.76 bits per heavy atom. The van der Waals surface area contributed by atoms with Gasteiger partial charge < -0.3 is 9.47 Å². The van der Waals surface area contributed by atoms with E-state index in [0.29, 0.717) is 11.1 Å². The highest BCUT2D eigenvalue weighted by atomic mass is 32.2. The summed E-state index contributed by atoms with van der Waals surface area (Å²) in [7, 11) is -3.09. The van der Waals surface area contributed by atoms with Crippen molar-refractivity contribution in [3.63, 3.8) is 0 Å². The Morgan fingerprint density at radius 2 is 2.03 bits per heavy atom. The summed E-state index contributed by atoms with van der Waals surface area (Å²) in [6.45, 7) is 4.11. The van der Waals surface area contributed by atoms with Crippen molar-refractivity contribution < 1.29 is 22.7 Å². The first-order chi connectivity index (χ1) is 16.2. The molecule has 0 radical (unpaired) electrons. The van der Waals surface area contributed by atoms with Gasteiger partial charge in [-0.1, -0.05) is 19.9 Å². The average molecular weight is 480 g/mol. The van der Waals surface area contributed by atoms with Gasteiger partial charge in [0.15, 0.2) is 10.6 Å². The third-order valence-corrected chi connectivity index (χ3v) is 7.00. The van der Waals surface area contributed by atoms with Gasteiger partial charge >= 0.3 is 0 Å². The van der Waals surface area contributed by atoms with Crippen LogP contribution >= 0.6 is 0 Å². The zero-order valence-corrected chi connectivity index (χ0v) is 19.5. The summed E-state index contributed by atoms with van der Waals surface area (Å²) in [5, 5.41) is 4.99. The monoisotopic (exact) mass is 479 g/mol. The molecule has 0 atom stereocenters. The second-order valence-corrected chi connectivity index (χ2v) is 10.1. The van der Waals surface area contributed by atoms with Gasteiger partial charge in [0.05, 0.1) is 24.9 Å². The molecule has 1 aliphatic rings. The van der Waals surface area contributed by atoms with Crippen LogP contribution in [0.15, 0.2) is 59.9 Å². The van der Waals surface area contributed by atoms with Crippen LogP contribution in [0.3, 0.4) is 0 Å². The fraction of sp³-hybridized carbons (Fsp3) is 0.217. The quantitative estimate of drug-likeness (QED) is 0.463. The second-order valence-electron chi connectivity index (χ2n) is 8.44. The third-order valence-electron chi connectivity index (χ3n) is 5.64. The molecule has 1 aromatic carbocycles. The molecule has 10 nitrogen and oxygen atoms in total. The molecule has 0 bridgehead atoms. The van der Waals surface area contributed by atoms with Crippen LogP contribution in [0, 0.1) is 0 Å². The predicted molar refractivity (Wildman–Crippen MR) is 123 cm³/mol. The molecule has 0 saturated carbocycles. The van der Waals surface area contributed by atoms with Crippen molar-refractivity contribution in [1.29, 1.82) is 0 Å². The highest BCUT2D eigenvalue weighted by molar-refractivity contribution is 7.90. The zero-order valence-electron chi connectivity index (χ0n) is 18.6. The molecule has 34 heavy (non-hydrogen) atoms. The summed E-state index contributed by atoms with van der Waals surface area (Å²) < 4.78 is 41.2. The van der Waals surface area contributed by atoms with Crippen LogP contribution in [0.4, 0.5) is 0 Å². The van der Waals surface area contributed by atoms with E-state index in [2.05, 4.69) is 19.8 Å². The lowest BCUT2D eigenvalue weighted by Gasteiger charge is -2.16. The number of nitrogens with zero attached hydrogens (tertiary/aromatic N) is 4. The van der Waals surface area contributed by atoms with E-state index in [1.54, 1.807) is 41.3 Å². The highest BCUT2D eigenvalue weighted by Crippen LogP contribution is 2.44. The molecule has 174 valence electrons. The number of carbonyl (C=O) groups excluding carboxylic acids is 1. The molecule has 1 N–H and O–H groups in total. The van der Waals surface area contributed by atoms with Crippen LogP contribution < -0.4 is 14.2 Å². The van der Waals surface area contributed by atoms with Crippen LogP contribution in [0.1, 0.15) is 29.9 Å². The Balaban J connectivity index is 1.51. The number of carbonyl (C=O) groups is 1. The zero-order chi connectivity index (χ0) is 24.1. The second kappa shape index (κ2) is 7.80. The standard InChI is InChI=1S/C23H21N5O5S/c1-23(2)13-33-19-15(23)12-24-22(32-3)20(19)34(30,31)27-21(29)17-9-8-14-16(26-17)6-4-7-18(14)28-11-5-10-25-28/h4-12H,13H2,1-3H3,(H,27,29). The van der Waals surface area contributed by atoms with Gasteiger partial charge in [0.25, 0.3) is 15.9 Å². The molecule has 3 aromatic heterocycles. The van der Waals surface area contributed by atoms with Crippen LogP contribution in [0.25, 0.3) is 16.6 Å². The van der Waals surface area contributed by atoms with Crippen LogP contribution in [0.5, 0.6) is 11.6 Å². The number of benzene rings is 1. The normalized spacial score (nSPS) is 14.4. The Morgan fingerprint density at radius 1 is 1.21 bits per heavy atom. The van der Waals surface area contributed by atoms with E-state index in [1.165, 1.54) is 19.4 Å². The van der Waals surface area contributed by atoms with Crippen molar-refractivity contribution in [3.8, 4) is 17.3 Å². The molecule has 4 aromatic rings. The molecule has 0 aliphatic carbocycles. The Labute approximate surface area is 195 Å². The number of hydrogen-bond donors (Lipinski definition) is 1. The van der Waals surface area contributed by atoms with Crippen LogP contribution in [-0.2, 0) is 15.4 Å². The Kier molecular flexibility index (Phi) is 5.01. The summed E-state index contributed by atoms with van der Waals surface area (Å²) in [4.78, 5) is 21.1. The number of hydrogen-bond acceptors (Lipinski definition) is 8. The van der Waals surface area contributed by atoms with Gasteiger partial charge in [-0.3, -0.25) is 4.79 Å². The first-order valence-corrected chi connectivity index (χ1v) is 11.9. The van der Waals surface area contributed by atoms with E-state index in [1.807, 2.05) is 19.9 Å². The van der Waals surface area contributed by atoms with Gasteiger partial charge in [-0.15, -0.1) is 0 Å². The molecule has 0 unspecified atom stereocenters. The van der Waals surface area contributed by atoms with Gasteiger partial charge in [-0.25, -0.2) is 27.8 Å². The maximum atomic E-state index is 13.3. The first-order valence-electron chi connectivity index (χ1n) is 10.4. The lowest BCUT2D eigenvalue weighted by atomic mass is 9.88. The summed E-state index contributed by atoms with van der Waals surface area (Å²) >= 11 is 0. The van der Waals surface area contributed by atoms with E-state index in [-0.39, 0.29) is 28.8 Å². The smallest absolute Gasteiger partial charge is 0.283 e. The van der Waals surface area contributed by atoms with E-state index < -0.39 is 21.3 Å². The number of pyridine rings is 2. The fourth-order valence-corrected chi connectivity index (χ4v) is 5.13. The van der Waals surface area contributed by atoms with E-state index in [0.717, 1.165) is 11.1 Å². The van der Waals surface area contributed by atoms with E-state index >= 15 is 0 Å². The number of aromatic nitrogens is 4. The van der Waals surface area contributed by atoms with Crippen molar-refractivity contribution in [3.05, 3.63) is 66.2 Å². The summed E-state index contributed by atoms with van der Waals surface area (Å²) in [5.74, 6) is -0.914. The minimum Gasteiger partial charge on any atom is -0.491 e. The molecule has 0 spiro atoms. The lowest BCUT2D eigenvalue weighted by molar-refractivity contribution is 0.0977. The molecule has 4 heterocycles. The molecular formula is C23H21N5O5S. The van der Waals surface area contributed by atoms with Crippen molar-refractivity contribution in [2.75, 3.05) is 13.7 Å². The number of rotatable bonds is 5. The fourth-order valence-electron chi connectivity index (χ4n) is 3.90. The van der Waals surface area contributed by atoms with Gasteiger partial charge in [0, 0.05) is 35.0 Å². The molecule has 1 aliphatic heterocycles. The van der Waals surface area contributed by atoms with Gasteiger partial charge in [-0.05, 0) is 30.3 Å². The van der Waals surface area contributed by atoms with Gasteiger partial charge in [0.2, 0.25) is 5.88 Å².